The van der Waals surface area contributed by atoms with Gasteiger partial charge in [-0.3, -0.25) is 0 Å². The van der Waals surface area contributed by atoms with Crippen LogP contribution < -0.4 is 0 Å². The third-order valence-corrected chi connectivity index (χ3v) is 28.8. The molecule has 2 unspecified atom stereocenters. The first-order valence-electron chi connectivity index (χ1n) is 16.7. The van der Waals surface area contributed by atoms with Crippen molar-refractivity contribution in [3.63, 3.8) is 0 Å². The summed E-state index contributed by atoms with van der Waals surface area (Å²) in [6.07, 6.45) is 5.18. The van der Waals surface area contributed by atoms with Crippen LogP contribution in [0.15, 0.2) is 102 Å². The van der Waals surface area contributed by atoms with E-state index in [0.29, 0.717) is 13.2 Å². The zero-order chi connectivity index (χ0) is 31.9. The molecule has 0 aromatic heterocycles. The molecule has 0 fully saturated rings. The fraction of sp³-hybridized carbons (Fsp3) is 0.256. The molecule has 0 saturated heterocycles. The number of hydrogen-bond acceptors (Lipinski definition) is 0. The monoisotopic (exact) mass is 752 g/mol. The summed E-state index contributed by atoms with van der Waals surface area (Å²) < 4.78 is 6.56. The van der Waals surface area contributed by atoms with E-state index >= 15 is 0 Å². The van der Waals surface area contributed by atoms with Gasteiger partial charge in [-0.15, -0.1) is 24.8 Å². The summed E-state index contributed by atoms with van der Waals surface area (Å²) in [4.78, 5) is 0. The number of rotatable bonds is 5. The minimum absolute atomic E-state index is 0. The SMILES string of the molecule is CC1=Cc2c(-c3cccc(C)c3C)ccc(C)c2[CH]1[Zr]([CH3])([CH3])(=[SiH2])[CH]1C(C(C)C)=Cc2c(-c3cccc4ccccc34)cccc21.Cl.Cl. The maximum absolute atomic E-state index is 3.73. The Labute approximate surface area is 297 Å². The van der Waals surface area contributed by atoms with Crippen molar-refractivity contribution in [2.24, 2.45) is 5.92 Å². The number of fused-ring (bicyclic) bond motifs is 3. The predicted octanol–water partition coefficient (Wildman–Crippen LogP) is 12.5. The van der Waals surface area contributed by atoms with E-state index in [1.54, 1.807) is 22.3 Å². The van der Waals surface area contributed by atoms with E-state index in [1.807, 2.05) is 0 Å². The number of allylic oxidation sites excluding steroid dienone is 2. The molecule has 7 rings (SSSR count). The Bertz CT molecular complexity index is 2170. The summed E-state index contributed by atoms with van der Waals surface area (Å²) in [5, 5.41) is 2.65. The molecule has 5 aromatic carbocycles. The van der Waals surface area contributed by atoms with Crippen molar-refractivity contribution in [2.45, 2.75) is 58.1 Å². The summed E-state index contributed by atoms with van der Waals surface area (Å²) >= 11 is -3.73. The van der Waals surface area contributed by atoms with Gasteiger partial charge in [0.15, 0.2) is 0 Å². The first kappa shape index (κ1) is 35.8. The third-order valence-electron chi connectivity index (χ3n) is 11.3. The molecule has 2 aliphatic carbocycles. The standard InChI is InChI=1S/C22H19.C19H19.2CH3.2ClH.H2Si.Zr/c1-15(2)18-13-17-9-6-12-21(22(17)14-18)20-11-5-8-16-7-3-4-10-19(16)20;1-12-10-18-14(3)8-9-17(19(18)11-12)16-7-5-6-13(2)15(16)4;;;;;;/h3-15H,1-2H3;5-11H,1-4H3;2*1H3;2*1H;1H2;. The maximum Gasteiger partial charge on any atom is -0.147 e. The summed E-state index contributed by atoms with van der Waals surface area (Å²) in [7, 11) is 0. The molecule has 0 nitrogen and oxygen atoms in total. The molecular formula is C43H48Cl2SiZr. The molecule has 0 bridgehead atoms. The van der Waals surface area contributed by atoms with Crippen LogP contribution in [0.25, 0.3) is 45.2 Å². The average molecular weight is 755 g/mol. The van der Waals surface area contributed by atoms with Gasteiger partial charge in [-0.2, -0.15) is 0 Å². The van der Waals surface area contributed by atoms with Crippen LogP contribution in [0.3, 0.4) is 0 Å². The van der Waals surface area contributed by atoms with Crippen LogP contribution in [-0.4, -0.2) is 6.88 Å². The minimum Gasteiger partial charge on any atom is -0.147 e. The van der Waals surface area contributed by atoms with Crippen LogP contribution in [0.2, 0.25) is 9.26 Å². The summed E-state index contributed by atoms with van der Waals surface area (Å²) in [6.45, 7) is 16.6. The van der Waals surface area contributed by atoms with Crippen LogP contribution in [0.5, 0.6) is 0 Å². The normalized spacial score (nSPS) is 17.1. The van der Waals surface area contributed by atoms with Gasteiger partial charge in [0.25, 0.3) is 0 Å². The van der Waals surface area contributed by atoms with Gasteiger partial charge in [-0.05, 0) is 0 Å². The van der Waals surface area contributed by atoms with Crippen LogP contribution in [0.4, 0.5) is 0 Å². The van der Waals surface area contributed by atoms with Crippen molar-refractivity contribution in [3.05, 3.63) is 141 Å². The Morgan fingerprint density at radius 2 is 1.21 bits per heavy atom. The molecule has 0 N–H and O–H groups in total. The first-order chi connectivity index (χ1) is 21.4. The molecule has 47 heavy (non-hydrogen) atoms. The van der Waals surface area contributed by atoms with Crippen molar-refractivity contribution in [2.75, 3.05) is 0 Å². The van der Waals surface area contributed by atoms with Crippen LogP contribution in [0.1, 0.15) is 67.0 Å². The Hall–Kier alpha value is -2.48. The van der Waals surface area contributed by atoms with Crippen molar-refractivity contribution < 1.29 is 17.4 Å². The van der Waals surface area contributed by atoms with Crippen LogP contribution >= 0.6 is 24.8 Å². The van der Waals surface area contributed by atoms with Crippen molar-refractivity contribution >= 4 is 54.6 Å². The van der Waals surface area contributed by atoms with Crippen molar-refractivity contribution in [3.8, 4) is 22.3 Å². The molecule has 4 heteroatoms. The second-order valence-electron chi connectivity index (χ2n) is 15.3. The second-order valence-corrected chi connectivity index (χ2v) is 45.8. The van der Waals surface area contributed by atoms with Gasteiger partial charge in [0.05, 0.1) is 0 Å². The van der Waals surface area contributed by atoms with Crippen molar-refractivity contribution in [1.82, 2.24) is 0 Å². The topological polar surface area (TPSA) is 0 Å². The number of hydrogen-bond donors (Lipinski definition) is 0. The molecule has 0 saturated carbocycles. The average Bonchev–Trinajstić information content (AvgIpc) is 3.59. The fourth-order valence-electron chi connectivity index (χ4n) is 9.17. The number of benzene rings is 5. The Kier molecular flexibility index (Phi) is 9.73. The molecule has 0 aliphatic heterocycles. The molecule has 2 atom stereocenters. The fourth-order valence-corrected chi connectivity index (χ4v) is 29.8. The molecule has 242 valence electrons. The zero-order valence-electron chi connectivity index (χ0n) is 29.1. The van der Waals surface area contributed by atoms with Gasteiger partial charge in [0.1, 0.15) is 0 Å². The summed E-state index contributed by atoms with van der Waals surface area (Å²) in [5.74, 6) is 0.493. The molecular weight excluding hydrogens is 707 g/mol. The Morgan fingerprint density at radius 3 is 1.96 bits per heavy atom. The van der Waals surface area contributed by atoms with E-state index in [1.165, 1.54) is 60.8 Å². The van der Waals surface area contributed by atoms with E-state index in [-0.39, 0.29) is 24.8 Å². The third kappa shape index (κ3) is 5.62. The van der Waals surface area contributed by atoms with Crippen LogP contribution in [-0.2, 0) is 17.4 Å². The first-order valence-corrected chi connectivity index (χ1v) is 30.3. The maximum atomic E-state index is 2.78. The van der Waals surface area contributed by atoms with E-state index in [0.717, 1.165) is 0 Å². The second kappa shape index (κ2) is 12.8. The van der Waals surface area contributed by atoms with Gasteiger partial charge in [-0.25, -0.2) is 0 Å². The van der Waals surface area contributed by atoms with Gasteiger partial charge >= 0.3 is 275 Å². The predicted molar refractivity (Wildman–Crippen MR) is 212 cm³/mol. The largest absolute Gasteiger partial charge is 0.147 e. The molecule has 0 spiro atoms. The number of halogens is 2. The van der Waals surface area contributed by atoms with Gasteiger partial charge in [0.2, 0.25) is 0 Å². The van der Waals surface area contributed by atoms with E-state index in [9.17, 15) is 0 Å². The summed E-state index contributed by atoms with van der Waals surface area (Å²) in [6, 6.07) is 34.4. The van der Waals surface area contributed by atoms with Gasteiger partial charge in [-0.1, -0.05) is 0 Å². The van der Waals surface area contributed by atoms with E-state index in [4.69, 9.17) is 0 Å². The summed E-state index contributed by atoms with van der Waals surface area (Å²) in [5.41, 5.74) is 19.0. The van der Waals surface area contributed by atoms with Gasteiger partial charge < -0.3 is 0 Å². The minimum atomic E-state index is -3.73. The molecule has 0 radical (unpaired) electrons. The van der Waals surface area contributed by atoms with E-state index < -0.39 is 17.4 Å². The quantitative estimate of drug-likeness (QED) is 0.157. The molecule has 5 aromatic rings. The number of aryl methyl sites for hydroxylation is 2. The molecule has 0 heterocycles. The van der Waals surface area contributed by atoms with Crippen molar-refractivity contribution in [1.29, 1.82) is 0 Å². The van der Waals surface area contributed by atoms with Gasteiger partial charge in [0, 0.05) is 0 Å². The zero-order valence-corrected chi connectivity index (χ0v) is 34.6. The van der Waals surface area contributed by atoms with E-state index in [2.05, 4.69) is 161 Å². The Morgan fingerprint density at radius 1 is 0.596 bits per heavy atom. The molecule has 2 aliphatic rings. The Balaban J connectivity index is 0.00000217. The smallest absolute Gasteiger partial charge is 0.147 e. The van der Waals surface area contributed by atoms with Crippen LogP contribution in [0, 0.1) is 26.7 Å². The molecule has 0 amide bonds.